The van der Waals surface area contributed by atoms with Gasteiger partial charge in [-0.1, -0.05) is 37.5 Å². The van der Waals surface area contributed by atoms with E-state index in [1.165, 1.54) is 50.5 Å². The van der Waals surface area contributed by atoms with Gasteiger partial charge in [0.2, 0.25) is 11.8 Å². The number of anilines is 1. The topological polar surface area (TPSA) is 82.1 Å². The summed E-state index contributed by atoms with van der Waals surface area (Å²) in [7, 11) is 1.90. The number of rotatable bonds is 5. The van der Waals surface area contributed by atoms with Crippen LogP contribution in [-0.2, 0) is 9.59 Å². The van der Waals surface area contributed by atoms with E-state index in [0.29, 0.717) is 24.5 Å². The number of amides is 2. The fraction of sp³-hybridized carbons (Fsp3) is 0.609. The molecule has 2 aliphatic carbocycles. The minimum absolute atomic E-state index is 0.236. The van der Waals surface area contributed by atoms with E-state index in [1.807, 2.05) is 19.2 Å². The lowest BCUT2D eigenvalue weighted by atomic mass is 9.67. The molecule has 0 aromatic heterocycles. The largest absolute Gasteiger partial charge is 0.387 e. The van der Waals surface area contributed by atoms with Crippen LogP contribution in [0.1, 0.15) is 74.8 Å². The van der Waals surface area contributed by atoms with Crippen LogP contribution in [-0.4, -0.2) is 24.6 Å². The Morgan fingerprint density at radius 1 is 1.04 bits per heavy atom. The molecule has 1 aromatic rings. The molecular weight excluding hydrogens is 350 g/mol. The lowest BCUT2D eigenvalue weighted by molar-refractivity contribution is -0.134. The number of piperidine rings is 1. The van der Waals surface area contributed by atoms with Crippen LogP contribution in [0.15, 0.2) is 18.2 Å². The number of carbonyl (C=O) groups is 2. The van der Waals surface area contributed by atoms with Crippen LogP contribution in [0.25, 0.3) is 0 Å². The number of nitrogens with one attached hydrogen (secondary N) is 3. The van der Waals surface area contributed by atoms with Gasteiger partial charge in [0.25, 0.3) is 0 Å². The van der Waals surface area contributed by atoms with Gasteiger partial charge in [-0.2, -0.15) is 0 Å². The molecule has 1 unspecified atom stereocenters. The number of hydrogen-bond acceptors (Lipinski definition) is 4. The smallest absolute Gasteiger partial charge is 0.235 e. The standard InChI is InChI=1S/C23H31N3O2/c1-25-22-17(16-10-8-15(9-11-16)14-4-2-5-14)6-3-7-18(22)21(24)19-12-13-20(27)26-23(19)28/h3,6-7,14-16,19,24-25H,2,4-5,8-13H2,1H3,(H,26,27,28). The van der Waals surface area contributed by atoms with E-state index in [4.69, 9.17) is 5.41 Å². The molecule has 150 valence electrons. The van der Waals surface area contributed by atoms with Crippen molar-refractivity contribution in [2.45, 2.75) is 63.7 Å². The second kappa shape index (κ2) is 8.06. The van der Waals surface area contributed by atoms with E-state index >= 15 is 0 Å². The lowest BCUT2D eigenvalue weighted by Gasteiger charge is -2.39. The molecule has 3 fully saturated rings. The molecule has 1 aromatic carbocycles. The first-order valence-corrected chi connectivity index (χ1v) is 10.8. The average Bonchev–Trinajstić information content (AvgIpc) is 2.66. The minimum atomic E-state index is -0.547. The predicted octanol–water partition coefficient (Wildman–Crippen LogP) is 4.22. The molecule has 1 heterocycles. The monoisotopic (exact) mass is 381 g/mol. The summed E-state index contributed by atoms with van der Waals surface area (Å²) in [6.07, 6.45) is 10.0. The molecule has 0 radical (unpaired) electrons. The summed E-state index contributed by atoms with van der Waals surface area (Å²) in [6.45, 7) is 0. The second-order valence-electron chi connectivity index (χ2n) is 8.74. The Morgan fingerprint density at radius 3 is 2.36 bits per heavy atom. The first kappa shape index (κ1) is 19.2. The zero-order chi connectivity index (χ0) is 19.7. The Morgan fingerprint density at radius 2 is 1.75 bits per heavy atom. The molecular formula is C23H31N3O2. The van der Waals surface area contributed by atoms with Crippen LogP contribution >= 0.6 is 0 Å². The quantitative estimate of drug-likeness (QED) is 0.527. The Hall–Kier alpha value is -2.17. The molecule has 1 atom stereocenters. The molecule has 5 nitrogen and oxygen atoms in total. The normalized spacial score (nSPS) is 28.4. The second-order valence-corrected chi connectivity index (χ2v) is 8.74. The highest BCUT2D eigenvalue weighted by atomic mass is 16.2. The fourth-order valence-electron chi connectivity index (χ4n) is 5.38. The summed E-state index contributed by atoms with van der Waals surface area (Å²) in [6, 6.07) is 6.13. The number of hydrogen-bond donors (Lipinski definition) is 3. The van der Waals surface area contributed by atoms with Crippen LogP contribution in [0.2, 0.25) is 0 Å². The summed E-state index contributed by atoms with van der Waals surface area (Å²) in [5.41, 5.74) is 3.39. The highest BCUT2D eigenvalue weighted by molar-refractivity contribution is 6.17. The molecule has 0 spiro atoms. The van der Waals surface area contributed by atoms with Gasteiger partial charge >= 0.3 is 0 Å². The highest BCUT2D eigenvalue weighted by Crippen LogP contribution is 2.46. The maximum Gasteiger partial charge on any atom is 0.235 e. The van der Waals surface area contributed by atoms with Gasteiger partial charge in [0.15, 0.2) is 0 Å². The van der Waals surface area contributed by atoms with Crippen molar-refractivity contribution in [3.63, 3.8) is 0 Å². The SMILES string of the molecule is CNc1c(C(=N)C2CCC(=O)NC2=O)cccc1C1CCC(C2CCC2)CC1. The average molecular weight is 382 g/mol. The zero-order valence-electron chi connectivity index (χ0n) is 16.7. The van der Waals surface area contributed by atoms with Crippen molar-refractivity contribution < 1.29 is 9.59 Å². The van der Waals surface area contributed by atoms with Crippen molar-refractivity contribution in [1.29, 1.82) is 5.41 Å². The summed E-state index contributed by atoms with van der Waals surface area (Å²) in [5.74, 6) is 1.28. The molecule has 1 aliphatic heterocycles. The third kappa shape index (κ3) is 3.59. The van der Waals surface area contributed by atoms with E-state index < -0.39 is 5.92 Å². The van der Waals surface area contributed by atoms with Crippen molar-refractivity contribution in [2.24, 2.45) is 17.8 Å². The summed E-state index contributed by atoms with van der Waals surface area (Å²) in [4.78, 5) is 23.7. The molecule has 2 saturated carbocycles. The Bertz CT molecular complexity index is 776. The first-order chi connectivity index (χ1) is 13.6. The van der Waals surface area contributed by atoms with Gasteiger partial charge in [-0.3, -0.25) is 14.9 Å². The lowest BCUT2D eigenvalue weighted by Crippen LogP contribution is -2.44. The Kier molecular flexibility index (Phi) is 5.51. The molecule has 1 saturated heterocycles. The van der Waals surface area contributed by atoms with Crippen LogP contribution in [0.3, 0.4) is 0 Å². The van der Waals surface area contributed by atoms with Gasteiger partial charge in [-0.05, 0) is 55.4 Å². The number of para-hydroxylation sites is 1. The van der Waals surface area contributed by atoms with Gasteiger partial charge in [0.1, 0.15) is 0 Å². The highest BCUT2D eigenvalue weighted by Gasteiger charge is 2.34. The fourth-order valence-corrected chi connectivity index (χ4v) is 5.38. The molecule has 28 heavy (non-hydrogen) atoms. The van der Waals surface area contributed by atoms with Crippen molar-refractivity contribution in [2.75, 3.05) is 12.4 Å². The van der Waals surface area contributed by atoms with Gasteiger partial charge in [0, 0.05) is 24.7 Å². The van der Waals surface area contributed by atoms with Crippen molar-refractivity contribution in [3.05, 3.63) is 29.3 Å². The summed E-state index contributed by atoms with van der Waals surface area (Å²) in [5, 5.41) is 14.4. The van der Waals surface area contributed by atoms with Gasteiger partial charge < -0.3 is 10.7 Å². The van der Waals surface area contributed by atoms with Crippen molar-refractivity contribution in [3.8, 4) is 0 Å². The maximum absolute atomic E-state index is 12.2. The maximum atomic E-state index is 12.2. The van der Waals surface area contributed by atoms with Crippen LogP contribution in [0.5, 0.6) is 0 Å². The first-order valence-electron chi connectivity index (χ1n) is 10.8. The minimum Gasteiger partial charge on any atom is -0.387 e. The Balaban J connectivity index is 1.53. The van der Waals surface area contributed by atoms with Crippen molar-refractivity contribution in [1.82, 2.24) is 5.32 Å². The third-order valence-electron chi connectivity index (χ3n) is 7.25. The molecule has 0 bridgehead atoms. The van der Waals surface area contributed by atoms with E-state index in [0.717, 1.165) is 23.1 Å². The molecule has 3 aliphatic rings. The van der Waals surface area contributed by atoms with E-state index in [1.54, 1.807) is 0 Å². The van der Waals surface area contributed by atoms with Gasteiger partial charge in [-0.25, -0.2) is 0 Å². The van der Waals surface area contributed by atoms with Gasteiger partial charge in [-0.15, -0.1) is 0 Å². The number of benzene rings is 1. The van der Waals surface area contributed by atoms with Crippen LogP contribution < -0.4 is 10.6 Å². The molecule has 3 N–H and O–H groups in total. The number of carbonyl (C=O) groups excluding carboxylic acids is 2. The zero-order valence-corrected chi connectivity index (χ0v) is 16.7. The van der Waals surface area contributed by atoms with E-state index in [2.05, 4.69) is 16.7 Å². The molecule has 4 rings (SSSR count). The predicted molar refractivity (Wildman–Crippen MR) is 111 cm³/mol. The van der Waals surface area contributed by atoms with E-state index in [-0.39, 0.29) is 11.8 Å². The van der Waals surface area contributed by atoms with E-state index in [9.17, 15) is 9.59 Å². The van der Waals surface area contributed by atoms with Crippen molar-refractivity contribution >= 4 is 23.2 Å². The Labute approximate surface area is 167 Å². The molecule has 5 heteroatoms. The molecule has 2 amide bonds. The van der Waals surface area contributed by atoms with Crippen LogP contribution in [0.4, 0.5) is 5.69 Å². The van der Waals surface area contributed by atoms with Gasteiger partial charge in [0.05, 0.1) is 11.6 Å². The van der Waals surface area contributed by atoms with Crippen LogP contribution in [0, 0.1) is 23.2 Å². The summed E-state index contributed by atoms with van der Waals surface area (Å²) < 4.78 is 0. The summed E-state index contributed by atoms with van der Waals surface area (Å²) >= 11 is 0. The number of imide groups is 1. The third-order valence-corrected chi connectivity index (χ3v) is 7.25.